The van der Waals surface area contributed by atoms with Gasteiger partial charge in [-0.2, -0.15) is 5.10 Å². The van der Waals surface area contributed by atoms with Crippen molar-refractivity contribution in [2.45, 2.75) is 25.3 Å². The molecule has 1 aromatic carbocycles. The molecule has 1 unspecified atom stereocenters. The maximum absolute atomic E-state index is 12.3. The molecule has 0 radical (unpaired) electrons. The largest absolute Gasteiger partial charge is 0.324 e. The molecule has 1 aliphatic rings. The summed E-state index contributed by atoms with van der Waals surface area (Å²) in [7, 11) is 0. The maximum Gasteiger partial charge on any atom is 0.244 e. The zero-order valence-electron chi connectivity index (χ0n) is 11.5. The van der Waals surface area contributed by atoms with E-state index in [1.807, 2.05) is 43.5 Å². The van der Waals surface area contributed by atoms with E-state index >= 15 is 0 Å². The summed E-state index contributed by atoms with van der Waals surface area (Å²) < 4.78 is 1.78. The summed E-state index contributed by atoms with van der Waals surface area (Å²) in [6.07, 6.45) is 5.55. The van der Waals surface area contributed by atoms with Crippen molar-refractivity contribution < 1.29 is 4.79 Å². The number of amides is 1. The summed E-state index contributed by atoms with van der Waals surface area (Å²) >= 11 is 0. The number of rotatable bonds is 3. The van der Waals surface area contributed by atoms with Crippen molar-refractivity contribution >= 4 is 11.6 Å². The number of hydrogen-bond acceptors (Lipinski definition) is 3. The molecular formula is C15H18N4O. The lowest BCUT2D eigenvalue weighted by Crippen LogP contribution is -2.47. The Labute approximate surface area is 118 Å². The molecule has 2 heterocycles. The van der Waals surface area contributed by atoms with E-state index in [-0.39, 0.29) is 5.91 Å². The normalized spacial score (nSPS) is 21.9. The molecule has 5 nitrogen and oxygen atoms in total. The zero-order valence-corrected chi connectivity index (χ0v) is 11.5. The number of carbonyl (C=O) groups excluding carboxylic acids is 1. The summed E-state index contributed by atoms with van der Waals surface area (Å²) in [5, 5.41) is 10.4. The lowest BCUT2D eigenvalue weighted by molar-refractivity contribution is -0.121. The third-order valence-electron chi connectivity index (χ3n) is 3.76. The van der Waals surface area contributed by atoms with E-state index in [1.54, 1.807) is 10.9 Å². The van der Waals surface area contributed by atoms with Crippen LogP contribution in [-0.2, 0) is 4.79 Å². The van der Waals surface area contributed by atoms with Crippen molar-refractivity contribution in [3.63, 3.8) is 0 Å². The fourth-order valence-corrected chi connectivity index (χ4v) is 2.48. The third kappa shape index (κ3) is 2.44. The van der Waals surface area contributed by atoms with E-state index in [0.717, 1.165) is 30.8 Å². The van der Waals surface area contributed by atoms with E-state index < -0.39 is 5.54 Å². The van der Waals surface area contributed by atoms with Crippen LogP contribution >= 0.6 is 0 Å². The fourth-order valence-electron chi connectivity index (χ4n) is 2.48. The number of hydrogen-bond donors (Lipinski definition) is 2. The first-order valence-corrected chi connectivity index (χ1v) is 6.84. The Hall–Kier alpha value is -2.14. The Morgan fingerprint density at radius 2 is 2.20 bits per heavy atom. The highest BCUT2D eigenvalue weighted by Crippen LogP contribution is 2.21. The van der Waals surface area contributed by atoms with Gasteiger partial charge < -0.3 is 10.6 Å². The topological polar surface area (TPSA) is 59.0 Å². The van der Waals surface area contributed by atoms with Crippen molar-refractivity contribution in [2.75, 3.05) is 11.9 Å². The third-order valence-corrected chi connectivity index (χ3v) is 3.76. The number of aromatic nitrogens is 2. The number of benzene rings is 1. The number of anilines is 1. The molecule has 0 bridgehead atoms. The van der Waals surface area contributed by atoms with Crippen molar-refractivity contribution in [3.05, 3.63) is 42.7 Å². The van der Waals surface area contributed by atoms with Gasteiger partial charge in [-0.1, -0.05) is 0 Å². The van der Waals surface area contributed by atoms with Crippen LogP contribution in [0.3, 0.4) is 0 Å². The second-order valence-electron chi connectivity index (χ2n) is 5.31. The first kappa shape index (κ1) is 12.9. The van der Waals surface area contributed by atoms with Gasteiger partial charge in [-0.3, -0.25) is 4.79 Å². The number of carbonyl (C=O) groups is 1. The minimum absolute atomic E-state index is 0.0295. The SMILES string of the molecule is CC1(C(=O)Nc2ccc(-n3cccn3)cc2)CCCN1. The fraction of sp³-hybridized carbons (Fsp3) is 0.333. The number of nitrogens with zero attached hydrogens (tertiary/aromatic N) is 2. The van der Waals surface area contributed by atoms with E-state index in [9.17, 15) is 4.79 Å². The summed E-state index contributed by atoms with van der Waals surface area (Å²) in [5.41, 5.74) is 1.33. The first-order chi connectivity index (χ1) is 9.67. The average Bonchev–Trinajstić information content (AvgIpc) is 3.11. The Bertz CT molecular complexity index is 583. The molecule has 20 heavy (non-hydrogen) atoms. The molecule has 2 aromatic rings. The van der Waals surface area contributed by atoms with Gasteiger partial charge in [-0.25, -0.2) is 4.68 Å². The smallest absolute Gasteiger partial charge is 0.244 e. The van der Waals surface area contributed by atoms with Gasteiger partial charge in [0.1, 0.15) is 0 Å². The van der Waals surface area contributed by atoms with E-state index in [4.69, 9.17) is 0 Å². The summed E-state index contributed by atoms with van der Waals surface area (Å²) in [6.45, 7) is 2.86. The van der Waals surface area contributed by atoms with Crippen LogP contribution in [0.1, 0.15) is 19.8 Å². The van der Waals surface area contributed by atoms with Crippen LogP contribution in [0.25, 0.3) is 5.69 Å². The summed E-state index contributed by atoms with van der Waals surface area (Å²) in [5.74, 6) is 0.0295. The molecule has 0 spiro atoms. The molecule has 2 N–H and O–H groups in total. The first-order valence-electron chi connectivity index (χ1n) is 6.84. The van der Waals surface area contributed by atoms with E-state index in [1.165, 1.54) is 0 Å². The van der Waals surface area contributed by atoms with Crippen LogP contribution in [0.5, 0.6) is 0 Å². The highest BCUT2D eigenvalue weighted by molar-refractivity contribution is 5.98. The minimum Gasteiger partial charge on any atom is -0.324 e. The highest BCUT2D eigenvalue weighted by atomic mass is 16.2. The van der Waals surface area contributed by atoms with Gasteiger partial charge in [-0.05, 0) is 56.6 Å². The maximum atomic E-state index is 12.3. The van der Waals surface area contributed by atoms with Gasteiger partial charge in [0.25, 0.3) is 0 Å². The Kier molecular flexibility index (Phi) is 3.28. The molecular weight excluding hydrogens is 252 g/mol. The second kappa shape index (κ2) is 5.09. The molecule has 5 heteroatoms. The van der Waals surface area contributed by atoms with E-state index in [2.05, 4.69) is 15.7 Å². The van der Waals surface area contributed by atoms with Crippen molar-refractivity contribution in [1.82, 2.24) is 15.1 Å². The van der Waals surface area contributed by atoms with Gasteiger partial charge in [0, 0.05) is 18.1 Å². The minimum atomic E-state index is -0.444. The van der Waals surface area contributed by atoms with Crippen LogP contribution in [0, 0.1) is 0 Å². The van der Waals surface area contributed by atoms with Gasteiger partial charge in [0.05, 0.1) is 11.2 Å². The lowest BCUT2D eigenvalue weighted by Gasteiger charge is -2.23. The van der Waals surface area contributed by atoms with Gasteiger partial charge in [0.15, 0.2) is 0 Å². The second-order valence-corrected chi connectivity index (χ2v) is 5.31. The average molecular weight is 270 g/mol. The zero-order chi connectivity index (χ0) is 14.0. The van der Waals surface area contributed by atoms with Crippen molar-refractivity contribution in [1.29, 1.82) is 0 Å². The molecule has 1 saturated heterocycles. The number of nitrogens with one attached hydrogen (secondary N) is 2. The molecule has 1 atom stereocenters. The molecule has 1 fully saturated rings. The predicted molar refractivity (Wildman–Crippen MR) is 77.8 cm³/mol. The van der Waals surface area contributed by atoms with Gasteiger partial charge in [-0.15, -0.1) is 0 Å². The standard InChI is InChI=1S/C15H18N4O/c1-15(8-2-9-16-15)14(20)18-12-4-6-13(7-5-12)19-11-3-10-17-19/h3-7,10-11,16H,2,8-9H2,1H3,(H,18,20). The molecule has 0 aliphatic carbocycles. The molecule has 104 valence electrons. The molecule has 1 aliphatic heterocycles. The molecule has 3 rings (SSSR count). The lowest BCUT2D eigenvalue weighted by atomic mass is 9.99. The summed E-state index contributed by atoms with van der Waals surface area (Å²) in [4.78, 5) is 12.3. The monoisotopic (exact) mass is 270 g/mol. The Balaban J connectivity index is 1.71. The Morgan fingerprint density at radius 1 is 1.40 bits per heavy atom. The predicted octanol–water partition coefficient (Wildman–Crippen LogP) is 1.95. The molecule has 0 saturated carbocycles. The van der Waals surface area contributed by atoms with Crippen LogP contribution in [0.2, 0.25) is 0 Å². The molecule has 1 aromatic heterocycles. The summed E-state index contributed by atoms with van der Waals surface area (Å²) in [6, 6.07) is 9.54. The van der Waals surface area contributed by atoms with Crippen LogP contribution in [-0.4, -0.2) is 27.8 Å². The van der Waals surface area contributed by atoms with Gasteiger partial charge in [0.2, 0.25) is 5.91 Å². The van der Waals surface area contributed by atoms with Gasteiger partial charge >= 0.3 is 0 Å². The van der Waals surface area contributed by atoms with Crippen LogP contribution in [0.4, 0.5) is 5.69 Å². The van der Waals surface area contributed by atoms with Crippen molar-refractivity contribution in [3.8, 4) is 5.69 Å². The quantitative estimate of drug-likeness (QED) is 0.896. The Morgan fingerprint density at radius 3 is 2.80 bits per heavy atom. The van der Waals surface area contributed by atoms with Crippen molar-refractivity contribution in [2.24, 2.45) is 0 Å². The van der Waals surface area contributed by atoms with Crippen LogP contribution in [0.15, 0.2) is 42.7 Å². The van der Waals surface area contributed by atoms with Crippen LogP contribution < -0.4 is 10.6 Å². The van der Waals surface area contributed by atoms with E-state index in [0.29, 0.717) is 0 Å². The molecule has 1 amide bonds. The highest BCUT2D eigenvalue weighted by Gasteiger charge is 2.35.